The molecule has 5 nitrogen and oxygen atoms in total. The molecule has 0 bridgehead atoms. The van der Waals surface area contributed by atoms with Gasteiger partial charge in [-0.05, 0) is 18.9 Å². The molecule has 1 aliphatic heterocycles. The second kappa shape index (κ2) is 7.54. The summed E-state index contributed by atoms with van der Waals surface area (Å²) < 4.78 is 5.54. The Morgan fingerprint density at radius 2 is 2.14 bits per heavy atom. The van der Waals surface area contributed by atoms with E-state index in [1.54, 1.807) is 4.90 Å². The van der Waals surface area contributed by atoms with E-state index in [4.69, 9.17) is 10.5 Å². The Bertz CT molecular complexity index is 452. The van der Waals surface area contributed by atoms with Gasteiger partial charge >= 0.3 is 0 Å². The molecule has 1 fully saturated rings. The maximum Gasteiger partial charge on any atom is 0.222 e. The Kier molecular flexibility index (Phi) is 5.73. The highest BCUT2D eigenvalue weighted by molar-refractivity contribution is 5.76. The number of nitrogens with zero attached hydrogens (tertiary/aromatic N) is 1. The summed E-state index contributed by atoms with van der Waals surface area (Å²) in [4.78, 5) is 14.0. The summed E-state index contributed by atoms with van der Waals surface area (Å²) in [6.07, 6.45) is 0.724. The lowest BCUT2D eigenvalue weighted by atomic mass is 10.0. The van der Waals surface area contributed by atoms with Gasteiger partial charge in [0.05, 0.1) is 18.8 Å². The SMILES string of the molecule is CC1CN(C(=O)CCC(N)c2ccccc2)CC(CO)O1. The molecule has 3 unspecified atom stereocenters. The number of morpholine rings is 1. The van der Waals surface area contributed by atoms with Crippen molar-refractivity contribution in [3.05, 3.63) is 35.9 Å². The summed E-state index contributed by atoms with van der Waals surface area (Å²) in [5.41, 5.74) is 7.17. The van der Waals surface area contributed by atoms with E-state index in [0.717, 1.165) is 5.56 Å². The standard InChI is InChI=1S/C16H24N2O3/c1-12-9-18(10-14(11-19)21-12)16(20)8-7-15(17)13-5-3-2-4-6-13/h2-6,12,14-15,19H,7-11,17H2,1H3. The Balaban J connectivity index is 1.84. The zero-order chi connectivity index (χ0) is 15.2. The number of aliphatic hydroxyl groups excluding tert-OH is 1. The molecular weight excluding hydrogens is 268 g/mol. The summed E-state index contributed by atoms with van der Waals surface area (Å²) in [6.45, 7) is 2.89. The molecule has 0 radical (unpaired) electrons. The molecule has 1 amide bonds. The molecule has 1 aromatic rings. The number of ether oxygens (including phenoxy) is 1. The third-order valence-electron chi connectivity index (χ3n) is 3.78. The molecule has 2 rings (SSSR count). The predicted molar refractivity (Wildman–Crippen MR) is 80.6 cm³/mol. The van der Waals surface area contributed by atoms with Crippen molar-refractivity contribution >= 4 is 5.91 Å². The highest BCUT2D eigenvalue weighted by atomic mass is 16.5. The van der Waals surface area contributed by atoms with Gasteiger partial charge in [-0.25, -0.2) is 0 Å². The first-order chi connectivity index (χ1) is 10.1. The fourth-order valence-corrected chi connectivity index (χ4v) is 2.65. The normalized spacial score (nSPS) is 23.9. The van der Waals surface area contributed by atoms with Gasteiger partial charge in [0.1, 0.15) is 0 Å². The summed E-state index contributed by atoms with van der Waals surface area (Å²) in [5.74, 6) is 0.0787. The second-order valence-electron chi connectivity index (χ2n) is 5.61. The van der Waals surface area contributed by atoms with Crippen LogP contribution in [-0.2, 0) is 9.53 Å². The van der Waals surface area contributed by atoms with Crippen LogP contribution < -0.4 is 5.73 Å². The first-order valence-corrected chi connectivity index (χ1v) is 7.44. The molecular formula is C16H24N2O3. The zero-order valence-electron chi connectivity index (χ0n) is 12.4. The van der Waals surface area contributed by atoms with Crippen LogP contribution in [0.3, 0.4) is 0 Å². The van der Waals surface area contributed by atoms with Crippen LogP contribution in [0.25, 0.3) is 0 Å². The van der Waals surface area contributed by atoms with Gasteiger partial charge in [-0.15, -0.1) is 0 Å². The van der Waals surface area contributed by atoms with Crippen molar-refractivity contribution in [1.82, 2.24) is 4.90 Å². The lowest BCUT2D eigenvalue weighted by Gasteiger charge is -2.36. The smallest absolute Gasteiger partial charge is 0.222 e. The van der Waals surface area contributed by atoms with Gasteiger partial charge in [-0.1, -0.05) is 30.3 Å². The maximum absolute atomic E-state index is 12.3. The summed E-state index contributed by atoms with van der Waals surface area (Å²) in [7, 11) is 0. The largest absolute Gasteiger partial charge is 0.394 e. The van der Waals surface area contributed by atoms with Crippen molar-refractivity contribution in [3.63, 3.8) is 0 Å². The fraction of sp³-hybridized carbons (Fsp3) is 0.562. The molecule has 21 heavy (non-hydrogen) atoms. The Labute approximate surface area is 125 Å². The van der Waals surface area contributed by atoms with Gasteiger partial charge in [0, 0.05) is 25.6 Å². The quantitative estimate of drug-likeness (QED) is 0.851. The van der Waals surface area contributed by atoms with E-state index in [9.17, 15) is 9.90 Å². The van der Waals surface area contributed by atoms with Crippen LogP contribution >= 0.6 is 0 Å². The summed E-state index contributed by atoms with van der Waals surface area (Å²) >= 11 is 0. The number of hydrogen-bond acceptors (Lipinski definition) is 4. The van der Waals surface area contributed by atoms with Gasteiger partial charge in [0.2, 0.25) is 5.91 Å². The second-order valence-corrected chi connectivity index (χ2v) is 5.61. The molecule has 116 valence electrons. The number of hydrogen-bond donors (Lipinski definition) is 2. The van der Waals surface area contributed by atoms with Gasteiger partial charge in [-0.2, -0.15) is 0 Å². The van der Waals surface area contributed by atoms with E-state index in [1.807, 2.05) is 37.3 Å². The van der Waals surface area contributed by atoms with Gasteiger partial charge in [0.25, 0.3) is 0 Å². The summed E-state index contributed by atoms with van der Waals surface area (Å²) in [5, 5.41) is 9.19. The van der Waals surface area contributed by atoms with E-state index in [2.05, 4.69) is 0 Å². The minimum absolute atomic E-state index is 0.0392. The molecule has 0 spiro atoms. The van der Waals surface area contributed by atoms with E-state index in [-0.39, 0.29) is 30.8 Å². The molecule has 5 heteroatoms. The average molecular weight is 292 g/mol. The van der Waals surface area contributed by atoms with Gasteiger partial charge in [0.15, 0.2) is 0 Å². The third kappa shape index (κ3) is 4.52. The van der Waals surface area contributed by atoms with Gasteiger partial charge in [-0.3, -0.25) is 4.79 Å². The van der Waals surface area contributed by atoms with E-state index < -0.39 is 0 Å². The van der Waals surface area contributed by atoms with E-state index in [1.165, 1.54) is 0 Å². The third-order valence-corrected chi connectivity index (χ3v) is 3.78. The van der Waals surface area contributed by atoms with Gasteiger partial charge < -0.3 is 20.5 Å². The molecule has 3 N–H and O–H groups in total. The fourth-order valence-electron chi connectivity index (χ4n) is 2.65. The zero-order valence-corrected chi connectivity index (χ0v) is 12.4. The Morgan fingerprint density at radius 3 is 2.81 bits per heavy atom. The van der Waals surface area contributed by atoms with Crippen molar-refractivity contribution in [1.29, 1.82) is 0 Å². The van der Waals surface area contributed by atoms with Crippen LogP contribution in [0.4, 0.5) is 0 Å². The lowest BCUT2D eigenvalue weighted by molar-refractivity contribution is -0.147. The lowest BCUT2D eigenvalue weighted by Crippen LogP contribution is -2.50. The molecule has 1 saturated heterocycles. The maximum atomic E-state index is 12.3. The van der Waals surface area contributed by atoms with Crippen LogP contribution in [0.2, 0.25) is 0 Å². The minimum atomic E-state index is -0.277. The first-order valence-electron chi connectivity index (χ1n) is 7.44. The number of aliphatic hydroxyl groups is 1. The molecule has 3 atom stereocenters. The van der Waals surface area contributed by atoms with Crippen molar-refractivity contribution in [2.45, 2.75) is 38.0 Å². The number of nitrogens with two attached hydrogens (primary N) is 1. The first kappa shape index (κ1) is 15.9. The molecule has 1 aromatic carbocycles. The predicted octanol–water partition coefficient (Wildman–Crippen LogP) is 1.07. The highest BCUT2D eigenvalue weighted by Gasteiger charge is 2.27. The molecule has 1 heterocycles. The highest BCUT2D eigenvalue weighted by Crippen LogP contribution is 2.18. The van der Waals surface area contributed by atoms with Crippen molar-refractivity contribution < 1.29 is 14.6 Å². The number of carbonyl (C=O) groups excluding carboxylic acids is 1. The number of carbonyl (C=O) groups is 1. The monoisotopic (exact) mass is 292 g/mol. The van der Waals surface area contributed by atoms with E-state index in [0.29, 0.717) is 25.9 Å². The van der Waals surface area contributed by atoms with Crippen molar-refractivity contribution in [2.24, 2.45) is 5.73 Å². The van der Waals surface area contributed by atoms with Crippen LogP contribution in [0, 0.1) is 0 Å². The van der Waals surface area contributed by atoms with Crippen LogP contribution in [0.5, 0.6) is 0 Å². The molecule has 0 aliphatic carbocycles. The minimum Gasteiger partial charge on any atom is -0.394 e. The molecule has 0 aromatic heterocycles. The van der Waals surface area contributed by atoms with Crippen LogP contribution in [0.15, 0.2) is 30.3 Å². The number of amides is 1. The molecule has 0 saturated carbocycles. The number of benzene rings is 1. The topological polar surface area (TPSA) is 75.8 Å². The van der Waals surface area contributed by atoms with Crippen LogP contribution in [0.1, 0.15) is 31.4 Å². The van der Waals surface area contributed by atoms with Crippen molar-refractivity contribution in [2.75, 3.05) is 19.7 Å². The molecule has 1 aliphatic rings. The van der Waals surface area contributed by atoms with Crippen LogP contribution in [-0.4, -0.2) is 47.8 Å². The average Bonchev–Trinajstić information content (AvgIpc) is 2.52. The van der Waals surface area contributed by atoms with Crippen molar-refractivity contribution in [3.8, 4) is 0 Å². The summed E-state index contributed by atoms with van der Waals surface area (Å²) in [6, 6.07) is 9.69. The Hall–Kier alpha value is -1.43. The Morgan fingerprint density at radius 1 is 1.43 bits per heavy atom. The van der Waals surface area contributed by atoms with E-state index >= 15 is 0 Å². The number of rotatable bonds is 5.